The van der Waals surface area contributed by atoms with E-state index in [0.717, 1.165) is 40.3 Å². The van der Waals surface area contributed by atoms with Crippen molar-refractivity contribution in [3.63, 3.8) is 0 Å². The molecule has 3 rings (SSSR count). The Morgan fingerprint density at radius 1 is 1.07 bits per heavy atom. The number of nitrogens with zero attached hydrogens (tertiary/aromatic N) is 2. The lowest BCUT2D eigenvalue weighted by Gasteiger charge is -2.16. The van der Waals surface area contributed by atoms with Gasteiger partial charge in [0.15, 0.2) is 11.5 Å². The number of aromatic nitrogens is 2. The molecule has 3 aromatic rings. The van der Waals surface area contributed by atoms with E-state index in [0.29, 0.717) is 19.8 Å². The number of aryl methyl sites for hydroxylation is 1. The van der Waals surface area contributed by atoms with Crippen LogP contribution in [0, 0.1) is 0 Å². The van der Waals surface area contributed by atoms with E-state index in [9.17, 15) is 0 Å². The largest absolute Gasteiger partial charge is 0.493 e. The Morgan fingerprint density at radius 2 is 1.89 bits per heavy atom. The van der Waals surface area contributed by atoms with Gasteiger partial charge in [-0.25, -0.2) is 4.98 Å². The lowest BCUT2D eigenvalue weighted by atomic mass is 10.2. The third kappa shape index (κ3) is 4.64. The van der Waals surface area contributed by atoms with Crippen LogP contribution in [0.4, 0.5) is 0 Å². The molecule has 28 heavy (non-hydrogen) atoms. The van der Waals surface area contributed by atoms with Crippen molar-refractivity contribution in [2.75, 3.05) is 27.4 Å². The maximum Gasteiger partial charge on any atom is 0.161 e. The van der Waals surface area contributed by atoms with E-state index in [4.69, 9.17) is 19.2 Å². The van der Waals surface area contributed by atoms with Crippen LogP contribution in [0.15, 0.2) is 42.5 Å². The van der Waals surface area contributed by atoms with Crippen LogP contribution >= 0.6 is 0 Å². The van der Waals surface area contributed by atoms with Gasteiger partial charge in [0.05, 0.1) is 30.8 Å². The molecule has 0 fully saturated rings. The summed E-state index contributed by atoms with van der Waals surface area (Å²) in [5, 5.41) is 3.56. The van der Waals surface area contributed by atoms with Crippen LogP contribution in [0.1, 0.15) is 30.8 Å². The number of imidazole rings is 1. The first-order chi connectivity index (χ1) is 13.6. The highest BCUT2D eigenvalue weighted by Gasteiger charge is 2.14. The predicted octanol–water partition coefficient (Wildman–Crippen LogP) is 3.85. The maximum atomic E-state index is 5.87. The van der Waals surface area contributed by atoms with E-state index in [-0.39, 0.29) is 6.04 Å². The van der Waals surface area contributed by atoms with Crippen LogP contribution in [0.25, 0.3) is 11.0 Å². The summed E-state index contributed by atoms with van der Waals surface area (Å²) in [4.78, 5) is 4.77. The minimum atomic E-state index is 0.116. The average molecular weight is 383 g/mol. The molecule has 0 aliphatic heterocycles. The van der Waals surface area contributed by atoms with Crippen molar-refractivity contribution in [1.82, 2.24) is 14.9 Å². The lowest BCUT2D eigenvalue weighted by molar-refractivity contribution is 0.170. The molecule has 6 heteroatoms. The first-order valence-electron chi connectivity index (χ1n) is 9.57. The molecule has 0 radical (unpaired) electrons. The maximum absolute atomic E-state index is 5.87. The molecule has 0 aliphatic rings. The monoisotopic (exact) mass is 383 g/mol. The number of methoxy groups -OCH3 is 2. The number of rotatable bonds is 10. The first-order valence-corrected chi connectivity index (χ1v) is 9.57. The van der Waals surface area contributed by atoms with Crippen molar-refractivity contribution in [2.45, 2.75) is 25.9 Å². The van der Waals surface area contributed by atoms with Gasteiger partial charge in [0.1, 0.15) is 5.82 Å². The molecule has 0 spiro atoms. The van der Waals surface area contributed by atoms with Gasteiger partial charge in [-0.3, -0.25) is 0 Å². The SMILES string of the molecule is COCCCOc1cc(CN[C@H](C)c2nc3ccccc3n2C)ccc1OC. The second-order valence-electron chi connectivity index (χ2n) is 6.80. The van der Waals surface area contributed by atoms with Gasteiger partial charge in [-0.15, -0.1) is 0 Å². The van der Waals surface area contributed by atoms with E-state index in [1.165, 1.54) is 0 Å². The molecule has 0 aliphatic carbocycles. The normalized spacial score (nSPS) is 12.3. The predicted molar refractivity (Wildman–Crippen MR) is 111 cm³/mol. The van der Waals surface area contributed by atoms with Gasteiger partial charge in [-0.2, -0.15) is 0 Å². The fourth-order valence-corrected chi connectivity index (χ4v) is 3.24. The Balaban J connectivity index is 1.66. The Labute approximate surface area is 166 Å². The zero-order valence-corrected chi connectivity index (χ0v) is 17.1. The number of hydrogen-bond donors (Lipinski definition) is 1. The second-order valence-corrected chi connectivity index (χ2v) is 6.80. The quantitative estimate of drug-likeness (QED) is 0.539. The molecule has 0 unspecified atom stereocenters. The fourth-order valence-electron chi connectivity index (χ4n) is 3.24. The van der Waals surface area contributed by atoms with Gasteiger partial charge in [0.2, 0.25) is 0 Å². The molecule has 2 aromatic carbocycles. The molecule has 0 saturated carbocycles. The van der Waals surface area contributed by atoms with E-state index in [1.54, 1.807) is 14.2 Å². The van der Waals surface area contributed by atoms with E-state index in [1.807, 2.05) is 30.3 Å². The van der Waals surface area contributed by atoms with Crippen molar-refractivity contribution >= 4 is 11.0 Å². The third-order valence-electron chi connectivity index (χ3n) is 4.80. The summed E-state index contributed by atoms with van der Waals surface area (Å²) >= 11 is 0. The van der Waals surface area contributed by atoms with Crippen molar-refractivity contribution < 1.29 is 14.2 Å². The minimum Gasteiger partial charge on any atom is -0.493 e. The van der Waals surface area contributed by atoms with Crippen LogP contribution in [0.3, 0.4) is 0 Å². The molecule has 1 atom stereocenters. The van der Waals surface area contributed by atoms with Gasteiger partial charge in [0, 0.05) is 33.7 Å². The molecule has 0 bridgehead atoms. The number of benzene rings is 2. The fraction of sp³-hybridized carbons (Fsp3) is 0.409. The van der Waals surface area contributed by atoms with Gasteiger partial charge in [0.25, 0.3) is 0 Å². The second kappa shape index (κ2) is 9.57. The molecule has 0 saturated heterocycles. The van der Waals surface area contributed by atoms with Crippen molar-refractivity contribution in [3.8, 4) is 11.5 Å². The smallest absolute Gasteiger partial charge is 0.161 e. The topological polar surface area (TPSA) is 57.5 Å². The zero-order chi connectivity index (χ0) is 19.9. The molecule has 150 valence electrons. The van der Waals surface area contributed by atoms with Crippen LogP contribution in [0.5, 0.6) is 11.5 Å². The standard InChI is InChI=1S/C22H29N3O3/c1-16(22-24-18-8-5-6-9-19(18)25(22)2)23-15-17-10-11-20(27-4)21(14-17)28-13-7-12-26-3/h5-6,8-11,14,16,23H,7,12-13,15H2,1-4H3/t16-/m1/s1. The number of fused-ring (bicyclic) bond motifs is 1. The zero-order valence-electron chi connectivity index (χ0n) is 17.1. The Hall–Kier alpha value is -2.57. The minimum absolute atomic E-state index is 0.116. The number of ether oxygens (including phenoxy) is 3. The lowest BCUT2D eigenvalue weighted by Crippen LogP contribution is -2.21. The summed E-state index contributed by atoms with van der Waals surface area (Å²) < 4.78 is 18.5. The number of para-hydroxylation sites is 2. The highest BCUT2D eigenvalue weighted by molar-refractivity contribution is 5.75. The van der Waals surface area contributed by atoms with E-state index in [2.05, 4.69) is 36.0 Å². The van der Waals surface area contributed by atoms with Gasteiger partial charge >= 0.3 is 0 Å². The van der Waals surface area contributed by atoms with Gasteiger partial charge in [-0.1, -0.05) is 18.2 Å². The molecular weight excluding hydrogens is 354 g/mol. The van der Waals surface area contributed by atoms with Crippen LogP contribution in [-0.2, 0) is 18.3 Å². The van der Waals surface area contributed by atoms with Crippen LogP contribution in [0.2, 0.25) is 0 Å². The third-order valence-corrected chi connectivity index (χ3v) is 4.80. The van der Waals surface area contributed by atoms with Gasteiger partial charge < -0.3 is 24.1 Å². The number of hydrogen-bond acceptors (Lipinski definition) is 5. The molecule has 0 amide bonds. The highest BCUT2D eigenvalue weighted by Crippen LogP contribution is 2.28. The Morgan fingerprint density at radius 3 is 2.64 bits per heavy atom. The van der Waals surface area contributed by atoms with E-state index < -0.39 is 0 Å². The molecule has 1 N–H and O–H groups in total. The summed E-state index contributed by atoms with van der Waals surface area (Å²) in [6, 6.07) is 14.3. The van der Waals surface area contributed by atoms with Crippen molar-refractivity contribution in [1.29, 1.82) is 0 Å². The average Bonchev–Trinajstić information content (AvgIpc) is 3.06. The molecule has 6 nitrogen and oxygen atoms in total. The highest BCUT2D eigenvalue weighted by atomic mass is 16.5. The van der Waals surface area contributed by atoms with Crippen LogP contribution < -0.4 is 14.8 Å². The Bertz CT molecular complexity index is 907. The van der Waals surface area contributed by atoms with Crippen molar-refractivity contribution in [3.05, 3.63) is 53.9 Å². The first kappa shape index (κ1) is 20.2. The Kier molecular flexibility index (Phi) is 6.90. The summed E-state index contributed by atoms with van der Waals surface area (Å²) in [5.74, 6) is 2.52. The molecule has 1 aromatic heterocycles. The molecule has 1 heterocycles. The molecular formula is C22H29N3O3. The van der Waals surface area contributed by atoms with Crippen LogP contribution in [-0.4, -0.2) is 37.0 Å². The van der Waals surface area contributed by atoms with Crippen molar-refractivity contribution in [2.24, 2.45) is 7.05 Å². The van der Waals surface area contributed by atoms with E-state index >= 15 is 0 Å². The number of nitrogens with one attached hydrogen (secondary N) is 1. The summed E-state index contributed by atoms with van der Waals surface area (Å²) in [6.45, 7) is 4.12. The summed E-state index contributed by atoms with van der Waals surface area (Å²) in [7, 11) is 5.41. The summed E-state index contributed by atoms with van der Waals surface area (Å²) in [6.07, 6.45) is 0.839. The van der Waals surface area contributed by atoms with Gasteiger partial charge in [-0.05, 0) is 36.8 Å². The summed E-state index contributed by atoms with van der Waals surface area (Å²) in [5.41, 5.74) is 3.29.